The Kier molecular flexibility index (Phi) is 3.19. The molecule has 0 radical (unpaired) electrons. The lowest BCUT2D eigenvalue weighted by Gasteiger charge is -2.33. The van der Waals surface area contributed by atoms with E-state index in [-0.39, 0.29) is 5.91 Å². The van der Waals surface area contributed by atoms with Crippen LogP contribution in [0.25, 0.3) is 0 Å². The smallest absolute Gasteiger partial charge is 0.264 e. The van der Waals surface area contributed by atoms with Crippen LogP contribution >= 0.6 is 11.3 Å². The van der Waals surface area contributed by atoms with Crippen LogP contribution < -0.4 is 5.73 Å². The Morgan fingerprint density at radius 3 is 2.88 bits per heavy atom. The maximum atomic E-state index is 12.3. The van der Waals surface area contributed by atoms with Gasteiger partial charge in [0.25, 0.3) is 5.91 Å². The van der Waals surface area contributed by atoms with Crippen molar-refractivity contribution in [2.45, 2.75) is 39.2 Å². The predicted molar refractivity (Wildman–Crippen MR) is 67.8 cm³/mol. The number of hydrogen-bond donors (Lipinski definition) is 1. The summed E-state index contributed by atoms with van der Waals surface area (Å²) in [7, 11) is 0. The topological polar surface area (TPSA) is 46.3 Å². The Labute approximate surface area is 100 Å². The first-order valence-corrected chi connectivity index (χ1v) is 6.58. The highest BCUT2D eigenvalue weighted by molar-refractivity contribution is 7.14. The molecule has 2 N–H and O–H groups in total. The maximum absolute atomic E-state index is 12.3. The predicted octanol–water partition coefficient (Wildman–Crippen LogP) is 2.65. The average Bonchev–Trinajstić information content (AvgIpc) is 2.59. The quantitative estimate of drug-likeness (QED) is 0.817. The minimum atomic E-state index is 0.150. The molecule has 1 aliphatic rings. The Balaban J connectivity index is 2.17. The van der Waals surface area contributed by atoms with Gasteiger partial charge in [-0.3, -0.25) is 4.79 Å². The minimum Gasteiger partial charge on any atom is -0.398 e. The van der Waals surface area contributed by atoms with Crippen molar-refractivity contribution >= 4 is 22.9 Å². The number of carbonyl (C=O) groups is 1. The molecule has 1 aromatic rings. The first-order valence-electron chi connectivity index (χ1n) is 5.76. The summed E-state index contributed by atoms with van der Waals surface area (Å²) in [4.78, 5) is 16.1. The van der Waals surface area contributed by atoms with Gasteiger partial charge in [0.15, 0.2) is 0 Å². The molecule has 1 atom stereocenters. The summed E-state index contributed by atoms with van der Waals surface area (Å²) in [5.74, 6) is 0.150. The van der Waals surface area contributed by atoms with E-state index in [0.29, 0.717) is 6.04 Å². The van der Waals surface area contributed by atoms with E-state index in [0.717, 1.165) is 34.8 Å². The molecule has 1 amide bonds. The van der Waals surface area contributed by atoms with Crippen LogP contribution in [0.15, 0.2) is 6.07 Å². The molecule has 3 nitrogen and oxygen atoms in total. The van der Waals surface area contributed by atoms with E-state index >= 15 is 0 Å². The zero-order chi connectivity index (χ0) is 11.7. The Morgan fingerprint density at radius 2 is 2.31 bits per heavy atom. The molecular formula is C12H18N2OS. The van der Waals surface area contributed by atoms with Gasteiger partial charge < -0.3 is 10.6 Å². The largest absolute Gasteiger partial charge is 0.398 e. The summed E-state index contributed by atoms with van der Waals surface area (Å²) in [6, 6.07) is 2.17. The molecule has 0 saturated carbocycles. The number of amides is 1. The number of aryl methyl sites for hydroxylation is 1. The van der Waals surface area contributed by atoms with Crippen LogP contribution in [0.5, 0.6) is 0 Å². The first-order chi connectivity index (χ1) is 7.59. The van der Waals surface area contributed by atoms with Crippen molar-refractivity contribution in [2.24, 2.45) is 0 Å². The summed E-state index contributed by atoms with van der Waals surface area (Å²) >= 11 is 1.50. The van der Waals surface area contributed by atoms with E-state index in [2.05, 4.69) is 6.92 Å². The standard InChI is InChI=1S/C12H18N2OS/c1-8-5-3-4-6-14(8)12(15)11-7-10(13)9(2)16-11/h7-8H,3-6,13H2,1-2H3. The lowest BCUT2D eigenvalue weighted by molar-refractivity contribution is 0.0640. The first kappa shape index (κ1) is 11.5. The second-order valence-electron chi connectivity index (χ2n) is 4.47. The number of carbonyl (C=O) groups excluding carboxylic acids is 1. The van der Waals surface area contributed by atoms with Crippen LogP contribution in [0.4, 0.5) is 5.69 Å². The molecule has 88 valence electrons. The summed E-state index contributed by atoms with van der Waals surface area (Å²) in [5.41, 5.74) is 6.52. The number of nitrogens with zero attached hydrogens (tertiary/aromatic N) is 1. The Morgan fingerprint density at radius 1 is 1.56 bits per heavy atom. The van der Waals surface area contributed by atoms with Gasteiger partial charge in [-0.15, -0.1) is 11.3 Å². The number of piperidine rings is 1. The summed E-state index contributed by atoms with van der Waals surface area (Å²) in [6.45, 7) is 4.97. The van der Waals surface area contributed by atoms with Gasteiger partial charge in [-0.25, -0.2) is 0 Å². The van der Waals surface area contributed by atoms with Gasteiger partial charge in [0.05, 0.1) is 4.88 Å². The number of nitrogens with two attached hydrogens (primary N) is 1. The van der Waals surface area contributed by atoms with E-state index < -0.39 is 0 Å². The number of likely N-dealkylation sites (tertiary alicyclic amines) is 1. The highest BCUT2D eigenvalue weighted by Gasteiger charge is 2.25. The third-order valence-corrected chi connectivity index (χ3v) is 4.29. The van der Waals surface area contributed by atoms with Gasteiger partial charge in [-0.1, -0.05) is 0 Å². The summed E-state index contributed by atoms with van der Waals surface area (Å²) < 4.78 is 0. The second kappa shape index (κ2) is 4.45. The molecule has 1 unspecified atom stereocenters. The minimum absolute atomic E-state index is 0.150. The lowest BCUT2D eigenvalue weighted by atomic mass is 10.0. The van der Waals surface area contributed by atoms with Crippen LogP contribution in [-0.2, 0) is 0 Å². The normalized spacial score (nSPS) is 21.1. The third kappa shape index (κ3) is 2.07. The molecule has 1 aliphatic heterocycles. The fraction of sp³-hybridized carbons (Fsp3) is 0.583. The SMILES string of the molecule is Cc1sc(C(=O)N2CCCCC2C)cc1N. The van der Waals surface area contributed by atoms with Gasteiger partial charge >= 0.3 is 0 Å². The molecule has 4 heteroatoms. The van der Waals surface area contributed by atoms with Crippen molar-refractivity contribution in [1.82, 2.24) is 4.90 Å². The van der Waals surface area contributed by atoms with Gasteiger partial charge in [0, 0.05) is 23.2 Å². The number of anilines is 1. The van der Waals surface area contributed by atoms with Gasteiger partial charge in [-0.05, 0) is 39.2 Å². The van der Waals surface area contributed by atoms with Gasteiger partial charge in [-0.2, -0.15) is 0 Å². The van der Waals surface area contributed by atoms with Crippen molar-refractivity contribution in [3.63, 3.8) is 0 Å². The summed E-state index contributed by atoms with van der Waals surface area (Å²) in [5, 5.41) is 0. The fourth-order valence-electron chi connectivity index (χ4n) is 2.14. The van der Waals surface area contributed by atoms with Crippen LogP contribution in [0.2, 0.25) is 0 Å². The molecule has 16 heavy (non-hydrogen) atoms. The highest BCUT2D eigenvalue weighted by Crippen LogP contribution is 2.27. The van der Waals surface area contributed by atoms with Crippen molar-refractivity contribution in [1.29, 1.82) is 0 Å². The fourth-order valence-corrected chi connectivity index (χ4v) is 3.04. The van der Waals surface area contributed by atoms with Crippen molar-refractivity contribution in [3.8, 4) is 0 Å². The number of hydrogen-bond acceptors (Lipinski definition) is 3. The van der Waals surface area contributed by atoms with Crippen molar-refractivity contribution in [2.75, 3.05) is 12.3 Å². The van der Waals surface area contributed by atoms with Crippen LogP contribution in [0.3, 0.4) is 0 Å². The average molecular weight is 238 g/mol. The molecular weight excluding hydrogens is 220 g/mol. The van der Waals surface area contributed by atoms with Crippen LogP contribution in [0, 0.1) is 6.92 Å². The van der Waals surface area contributed by atoms with E-state index in [1.165, 1.54) is 17.8 Å². The molecule has 1 fully saturated rings. The second-order valence-corrected chi connectivity index (χ2v) is 5.72. The van der Waals surface area contributed by atoms with Gasteiger partial charge in [0.1, 0.15) is 0 Å². The molecule has 0 aromatic carbocycles. The highest BCUT2D eigenvalue weighted by atomic mass is 32.1. The maximum Gasteiger partial charge on any atom is 0.264 e. The van der Waals surface area contributed by atoms with Gasteiger partial charge in [0.2, 0.25) is 0 Å². The zero-order valence-electron chi connectivity index (χ0n) is 9.82. The van der Waals surface area contributed by atoms with E-state index in [9.17, 15) is 4.79 Å². The van der Waals surface area contributed by atoms with E-state index in [1.807, 2.05) is 17.9 Å². The van der Waals surface area contributed by atoms with E-state index in [4.69, 9.17) is 5.73 Å². The monoisotopic (exact) mass is 238 g/mol. The van der Waals surface area contributed by atoms with Crippen molar-refractivity contribution < 1.29 is 4.79 Å². The number of rotatable bonds is 1. The molecule has 2 rings (SSSR count). The van der Waals surface area contributed by atoms with Crippen LogP contribution in [0.1, 0.15) is 40.7 Å². The van der Waals surface area contributed by atoms with Crippen LogP contribution in [-0.4, -0.2) is 23.4 Å². The Bertz CT molecular complexity index is 380. The molecule has 0 spiro atoms. The number of nitrogen functional groups attached to an aromatic ring is 1. The molecule has 0 aliphatic carbocycles. The Hall–Kier alpha value is -1.03. The van der Waals surface area contributed by atoms with E-state index in [1.54, 1.807) is 0 Å². The zero-order valence-corrected chi connectivity index (χ0v) is 10.6. The molecule has 2 heterocycles. The number of thiophene rings is 1. The lowest BCUT2D eigenvalue weighted by Crippen LogP contribution is -2.41. The summed E-state index contributed by atoms with van der Waals surface area (Å²) in [6.07, 6.45) is 3.47. The molecule has 1 aromatic heterocycles. The molecule has 0 bridgehead atoms. The molecule has 1 saturated heterocycles. The van der Waals surface area contributed by atoms with Crippen molar-refractivity contribution in [3.05, 3.63) is 15.8 Å². The third-order valence-electron chi connectivity index (χ3n) is 3.23.